The first kappa shape index (κ1) is 11.0. The van der Waals surface area contributed by atoms with Gasteiger partial charge in [0.1, 0.15) is 5.82 Å². The molecule has 0 aliphatic heterocycles. The highest BCUT2D eigenvalue weighted by Crippen LogP contribution is 2.14. The Hall–Kier alpha value is -1.55. The predicted octanol–water partition coefficient (Wildman–Crippen LogP) is 2.39. The first-order valence-electron chi connectivity index (χ1n) is 5.01. The van der Waals surface area contributed by atoms with E-state index in [1.807, 2.05) is 42.8 Å². The monoisotopic (exact) mass is 236 g/mol. The van der Waals surface area contributed by atoms with Gasteiger partial charge in [-0.3, -0.25) is 0 Å². The zero-order valence-corrected chi connectivity index (χ0v) is 9.99. The summed E-state index contributed by atoms with van der Waals surface area (Å²) in [5, 5.41) is 12.1. The maximum Gasteiger partial charge on any atom is 0.152 e. The number of halogens is 1. The van der Waals surface area contributed by atoms with Crippen molar-refractivity contribution in [3.8, 4) is 0 Å². The quantitative estimate of drug-likeness (QED) is 0.890. The third kappa shape index (κ3) is 2.33. The van der Waals surface area contributed by atoms with Crippen LogP contribution in [0, 0.1) is 6.92 Å². The van der Waals surface area contributed by atoms with Crippen molar-refractivity contribution in [2.24, 2.45) is 7.05 Å². The van der Waals surface area contributed by atoms with Gasteiger partial charge in [0.05, 0.1) is 6.54 Å². The summed E-state index contributed by atoms with van der Waals surface area (Å²) < 4.78 is 1.96. The van der Waals surface area contributed by atoms with E-state index in [1.54, 1.807) is 0 Å². The van der Waals surface area contributed by atoms with Gasteiger partial charge in [-0.25, -0.2) is 0 Å². The van der Waals surface area contributed by atoms with Gasteiger partial charge in [0, 0.05) is 17.8 Å². The van der Waals surface area contributed by atoms with Crippen LogP contribution in [0.4, 0.5) is 5.69 Å². The molecule has 0 amide bonds. The fourth-order valence-electron chi connectivity index (χ4n) is 1.35. The predicted molar refractivity (Wildman–Crippen MR) is 64.5 cm³/mol. The molecule has 16 heavy (non-hydrogen) atoms. The lowest BCUT2D eigenvalue weighted by molar-refractivity contribution is 0.789. The van der Waals surface area contributed by atoms with Gasteiger partial charge in [-0.15, -0.1) is 10.2 Å². The molecular formula is C11H13ClN4. The molecule has 0 fully saturated rings. The van der Waals surface area contributed by atoms with Crippen molar-refractivity contribution in [3.05, 3.63) is 40.9 Å². The molecule has 1 N–H and O–H groups in total. The van der Waals surface area contributed by atoms with Crippen LogP contribution < -0.4 is 5.32 Å². The smallest absolute Gasteiger partial charge is 0.152 e. The average molecular weight is 237 g/mol. The summed E-state index contributed by atoms with van der Waals surface area (Å²) in [6.45, 7) is 2.58. The number of aryl methyl sites for hydroxylation is 1. The molecule has 0 radical (unpaired) electrons. The van der Waals surface area contributed by atoms with Crippen molar-refractivity contribution in [2.45, 2.75) is 13.5 Å². The zero-order chi connectivity index (χ0) is 11.5. The van der Waals surface area contributed by atoms with Crippen LogP contribution in [0.25, 0.3) is 0 Å². The van der Waals surface area contributed by atoms with E-state index in [9.17, 15) is 0 Å². The van der Waals surface area contributed by atoms with Crippen molar-refractivity contribution < 1.29 is 0 Å². The highest BCUT2D eigenvalue weighted by atomic mass is 35.5. The van der Waals surface area contributed by atoms with E-state index in [0.717, 1.165) is 22.4 Å². The number of rotatable bonds is 3. The second kappa shape index (κ2) is 4.53. The lowest BCUT2D eigenvalue weighted by Gasteiger charge is -2.05. The first-order valence-corrected chi connectivity index (χ1v) is 5.39. The van der Waals surface area contributed by atoms with Gasteiger partial charge in [0.15, 0.2) is 5.82 Å². The van der Waals surface area contributed by atoms with E-state index in [1.165, 1.54) is 0 Å². The fourth-order valence-corrected chi connectivity index (χ4v) is 1.48. The normalized spacial score (nSPS) is 10.4. The Balaban J connectivity index is 2.02. The molecule has 1 aromatic carbocycles. The molecule has 2 rings (SSSR count). The molecule has 0 saturated heterocycles. The van der Waals surface area contributed by atoms with Gasteiger partial charge in [-0.05, 0) is 31.2 Å². The van der Waals surface area contributed by atoms with Gasteiger partial charge in [0.2, 0.25) is 0 Å². The molecular weight excluding hydrogens is 224 g/mol. The van der Waals surface area contributed by atoms with E-state index < -0.39 is 0 Å². The summed E-state index contributed by atoms with van der Waals surface area (Å²) in [4.78, 5) is 0. The minimum atomic E-state index is 0.652. The van der Waals surface area contributed by atoms with Gasteiger partial charge in [-0.2, -0.15) is 0 Å². The van der Waals surface area contributed by atoms with Gasteiger partial charge < -0.3 is 9.88 Å². The largest absolute Gasteiger partial charge is 0.378 e. The number of benzene rings is 1. The summed E-state index contributed by atoms with van der Waals surface area (Å²) in [6, 6.07) is 7.58. The van der Waals surface area contributed by atoms with Crippen LogP contribution in [0.2, 0.25) is 5.02 Å². The Morgan fingerprint density at radius 2 is 1.94 bits per heavy atom. The minimum absolute atomic E-state index is 0.652. The molecule has 0 unspecified atom stereocenters. The molecule has 0 saturated carbocycles. The van der Waals surface area contributed by atoms with Crippen molar-refractivity contribution in [2.75, 3.05) is 5.32 Å². The van der Waals surface area contributed by atoms with Crippen molar-refractivity contribution in [1.82, 2.24) is 14.8 Å². The molecule has 0 bridgehead atoms. The van der Waals surface area contributed by atoms with Gasteiger partial charge in [0.25, 0.3) is 0 Å². The van der Waals surface area contributed by atoms with Crippen LogP contribution in [-0.2, 0) is 13.6 Å². The fraction of sp³-hybridized carbons (Fsp3) is 0.273. The lowest BCUT2D eigenvalue weighted by atomic mass is 10.3. The summed E-state index contributed by atoms with van der Waals surface area (Å²) in [7, 11) is 1.95. The highest BCUT2D eigenvalue weighted by molar-refractivity contribution is 6.30. The molecule has 2 aromatic rings. The van der Waals surface area contributed by atoms with Gasteiger partial charge >= 0.3 is 0 Å². The second-order valence-corrected chi connectivity index (χ2v) is 4.02. The number of aromatic nitrogens is 3. The molecule has 1 heterocycles. The van der Waals surface area contributed by atoms with E-state index in [4.69, 9.17) is 11.6 Å². The van der Waals surface area contributed by atoms with Crippen molar-refractivity contribution in [1.29, 1.82) is 0 Å². The Labute approximate surface area is 99.3 Å². The Bertz CT molecular complexity index is 475. The molecule has 0 spiro atoms. The van der Waals surface area contributed by atoms with Crippen LogP contribution in [0.5, 0.6) is 0 Å². The standard InChI is InChI=1S/C11H13ClN4/c1-8-14-15-11(16(8)2)7-13-10-5-3-9(12)4-6-10/h3-6,13H,7H2,1-2H3. The zero-order valence-electron chi connectivity index (χ0n) is 9.24. The number of anilines is 1. The van der Waals surface area contributed by atoms with Gasteiger partial charge in [-0.1, -0.05) is 11.6 Å². The number of hydrogen-bond donors (Lipinski definition) is 1. The topological polar surface area (TPSA) is 42.7 Å². The van der Waals surface area contributed by atoms with Crippen LogP contribution in [0.3, 0.4) is 0 Å². The molecule has 1 aromatic heterocycles. The van der Waals surface area contributed by atoms with Crippen LogP contribution in [0.15, 0.2) is 24.3 Å². The summed E-state index contributed by atoms with van der Waals surface area (Å²) in [5.41, 5.74) is 1.02. The first-order chi connectivity index (χ1) is 7.66. The molecule has 5 heteroatoms. The maximum atomic E-state index is 5.80. The SMILES string of the molecule is Cc1nnc(CNc2ccc(Cl)cc2)n1C. The minimum Gasteiger partial charge on any atom is -0.378 e. The van der Waals surface area contributed by atoms with E-state index >= 15 is 0 Å². The van der Waals surface area contributed by atoms with E-state index in [0.29, 0.717) is 6.54 Å². The lowest BCUT2D eigenvalue weighted by Crippen LogP contribution is -2.06. The second-order valence-electron chi connectivity index (χ2n) is 3.58. The van der Waals surface area contributed by atoms with E-state index in [2.05, 4.69) is 15.5 Å². The Morgan fingerprint density at radius 3 is 2.50 bits per heavy atom. The number of hydrogen-bond acceptors (Lipinski definition) is 3. The van der Waals surface area contributed by atoms with Crippen LogP contribution >= 0.6 is 11.6 Å². The molecule has 84 valence electrons. The van der Waals surface area contributed by atoms with E-state index in [-0.39, 0.29) is 0 Å². The van der Waals surface area contributed by atoms with Crippen molar-refractivity contribution >= 4 is 17.3 Å². The third-order valence-electron chi connectivity index (χ3n) is 2.48. The summed E-state index contributed by atoms with van der Waals surface area (Å²) in [5.74, 6) is 1.82. The van der Waals surface area contributed by atoms with Crippen molar-refractivity contribution in [3.63, 3.8) is 0 Å². The molecule has 4 nitrogen and oxygen atoms in total. The molecule has 0 aliphatic carbocycles. The summed E-state index contributed by atoms with van der Waals surface area (Å²) >= 11 is 5.80. The Kier molecular flexibility index (Phi) is 3.10. The Morgan fingerprint density at radius 1 is 1.25 bits per heavy atom. The third-order valence-corrected chi connectivity index (χ3v) is 2.73. The highest BCUT2D eigenvalue weighted by Gasteiger charge is 2.03. The summed E-state index contributed by atoms with van der Waals surface area (Å²) in [6.07, 6.45) is 0. The number of nitrogens with zero attached hydrogens (tertiary/aromatic N) is 3. The maximum absolute atomic E-state index is 5.80. The average Bonchev–Trinajstić information content (AvgIpc) is 2.60. The van der Waals surface area contributed by atoms with Crippen LogP contribution in [-0.4, -0.2) is 14.8 Å². The number of nitrogens with one attached hydrogen (secondary N) is 1. The molecule has 0 atom stereocenters. The van der Waals surface area contributed by atoms with Crippen LogP contribution in [0.1, 0.15) is 11.6 Å². The molecule has 0 aliphatic rings.